The van der Waals surface area contributed by atoms with Crippen molar-refractivity contribution in [2.24, 2.45) is 0 Å². The summed E-state index contributed by atoms with van der Waals surface area (Å²) in [5.41, 5.74) is 16.7. The van der Waals surface area contributed by atoms with Crippen molar-refractivity contribution in [2.75, 3.05) is 0 Å². The molecule has 0 atom stereocenters. The van der Waals surface area contributed by atoms with Crippen LogP contribution in [0.3, 0.4) is 0 Å². The summed E-state index contributed by atoms with van der Waals surface area (Å²) in [6.45, 7) is 0. The largest absolute Gasteiger partial charge is 0.246 e. The van der Waals surface area contributed by atoms with E-state index in [0.29, 0.717) is 5.82 Å². The number of pyridine rings is 1. The van der Waals surface area contributed by atoms with Gasteiger partial charge < -0.3 is 0 Å². The number of fused-ring (bicyclic) bond motifs is 8. The molecule has 3 heterocycles. The fourth-order valence-electron chi connectivity index (χ4n) is 9.20. The van der Waals surface area contributed by atoms with Gasteiger partial charge in [0.25, 0.3) is 0 Å². The number of aromatic nitrogens is 3. The van der Waals surface area contributed by atoms with E-state index in [1.165, 1.54) is 48.0 Å². The van der Waals surface area contributed by atoms with Crippen LogP contribution in [0.15, 0.2) is 206 Å². The van der Waals surface area contributed by atoms with Crippen molar-refractivity contribution >= 4 is 42.4 Å². The van der Waals surface area contributed by atoms with Crippen LogP contribution in [0.4, 0.5) is 0 Å². The molecule has 1 aliphatic carbocycles. The second-order valence-electron chi connectivity index (χ2n) is 15.5. The van der Waals surface area contributed by atoms with Crippen LogP contribution in [0, 0.1) is 0 Å². The fraction of sp³-hybridized carbons (Fsp3) is 0.0179. The van der Waals surface area contributed by atoms with E-state index in [1.54, 1.807) is 0 Å². The van der Waals surface area contributed by atoms with Crippen molar-refractivity contribution in [3.05, 3.63) is 223 Å². The van der Waals surface area contributed by atoms with Crippen LogP contribution in [0.5, 0.6) is 0 Å². The molecule has 60 heavy (non-hydrogen) atoms. The first kappa shape index (κ1) is 34.5. The summed E-state index contributed by atoms with van der Waals surface area (Å²) in [4.78, 5) is 16.0. The summed E-state index contributed by atoms with van der Waals surface area (Å²) in [5, 5.41) is 3.67. The number of thiophene rings is 1. The van der Waals surface area contributed by atoms with E-state index in [0.717, 1.165) is 61.4 Å². The van der Waals surface area contributed by atoms with Gasteiger partial charge in [-0.3, -0.25) is 0 Å². The third-order valence-corrected chi connectivity index (χ3v) is 13.2. The minimum absolute atomic E-state index is 0.192. The minimum atomic E-state index is 0.192. The maximum absolute atomic E-state index is 5.49. The Morgan fingerprint density at radius 2 is 0.933 bits per heavy atom. The topological polar surface area (TPSA) is 38.7 Å². The molecular formula is C56H35N3S. The Hall–Kier alpha value is -7.53. The maximum atomic E-state index is 5.49. The zero-order valence-electron chi connectivity index (χ0n) is 32.5. The summed E-state index contributed by atoms with van der Waals surface area (Å²) in [5.74, 6) is 0.872. The molecular weight excluding hydrogens is 747 g/mol. The smallest absolute Gasteiger partial charge is 0.160 e. The van der Waals surface area contributed by atoms with Gasteiger partial charge in [0.15, 0.2) is 5.82 Å². The summed E-state index contributed by atoms with van der Waals surface area (Å²) in [6, 6.07) is 73.6. The van der Waals surface area contributed by atoms with Crippen molar-refractivity contribution in [3.63, 3.8) is 0 Å². The molecule has 0 N–H and O–H groups in total. The Balaban J connectivity index is 0.989. The van der Waals surface area contributed by atoms with Gasteiger partial charge in [-0.15, -0.1) is 11.3 Å². The molecule has 0 spiro atoms. The van der Waals surface area contributed by atoms with E-state index in [-0.39, 0.29) is 5.92 Å². The molecule has 0 aliphatic heterocycles. The van der Waals surface area contributed by atoms with E-state index < -0.39 is 0 Å². The number of nitrogens with zero attached hydrogens (tertiary/aromatic N) is 3. The van der Waals surface area contributed by atoms with Crippen molar-refractivity contribution < 1.29 is 0 Å². The number of para-hydroxylation sites is 1. The zero-order valence-corrected chi connectivity index (χ0v) is 33.3. The minimum Gasteiger partial charge on any atom is -0.246 e. The highest BCUT2D eigenvalue weighted by Crippen LogP contribution is 2.48. The van der Waals surface area contributed by atoms with Crippen LogP contribution in [0.25, 0.3) is 98.5 Å². The monoisotopic (exact) mass is 781 g/mol. The van der Waals surface area contributed by atoms with E-state index in [4.69, 9.17) is 15.0 Å². The Bertz CT molecular complexity index is 3380. The first-order valence-corrected chi connectivity index (χ1v) is 21.2. The molecule has 280 valence electrons. The molecule has 3 aromatic heterocycles. The van der Waals surface area contributed by atoms with Crippen molar-refractivity contribution in [2.45, 2.75) is 5.92 Å². The Labute approximate surface area is 352 Å². The first-order valence-electron chi connectivity index (χ1n) is 20.4. The lowest BCUT2D eigenvalue weighted by molar-refractivity contribution is 1.01. The van der Waals surface area contributed by atoms with Gasteiger partial charge >= 0.3 is 0 Å². The zero-order chi connectivity index (χ0) is 39.6. The molecule has 0 radical (unpaired) electrons. The lowest BCUT2D eigenvalue weighted by Crippen LogP contribution is -2.00. The van der Waals surface area contributed by atoms with Crippen molar-refractivity contribution in [1.82, 2.24) is 15.0 Å². The second kappa shape index (κ2) is 14.1. The normalized spacial score (nSPS) is 12.3. The number of benzene rings is 8. The van der Waals surface area contributed by atoms with Crippen LogP contribution < -0.4 is 0 Å². The van der Waals surface area contributed by atoms with Crippen molar-refractivity contribution in [3.8, 4) is 67.4 Å². The maximum Gasteiger partial charge on any atom is 0.160 e. The first-order chi connectivity index (χ1) is 29.7. The fourth-order valence-corrected chi connectivity index (χ4v) is 10.4. The lowest BCUT2D eigenvalue weighted by Gasteiger charge is -2.15. The summed E-state index contributed by atoms with van der Waals surface area (Å²) in [6.07, 6.45) is 0. The van der Waals surface area contributed by atoms with Gasteiger partial charge in [0.1, 0.15) is 0 Å². The predicted molar refractivity (Wildman–Crippen MR) is 250 cm³/mol. The van der Waals surface area contributed by atoms with Gasteiger partial charge in [0.05, 0.1) is 27.3 Å². The third kappa shape index (κ3) is 5.68. The molecule has 0 saturated carbocycles. The number of rotatable bonds is 6. The Morgan fingerprint density at radius 1 is 0.383 bits per heavy atom. The number of hydrogen-bond acceptors (Lipinski definition) is 4. The quantitative estimate of drug-likeness (QED) is 0.169. The predicted octanol–water partition coefficient (Wildman–Crippen LogP) is 14.9. The molecule has 11 aromatic rings. The lowest BCUT2D eigenvalue weighted by atomic mass is 9.89. The van der Waals surface area contributed by atoms with E-state index >= 15 is 0 Å². The molecule has 12 rings (SSSR count). The van der Waals surface area contributed by atoms with Crippen LogP contribution >= 0.6 is 11.3 Å². The molecule has 1 aliphatic rings. The van der Waals surface area contributed by atoms with Gasteiger partial charge in [-0.1, -0.05) is 188 Å². The summed E-state index contributed by atoms with van der Waals surface area (Å²) >= 11 is 1.82. The van der Waals surface area contributed by atoms with Gasteiger partial charge in [0, 0.05) is 54.6 Å². The van der Waals surface area contributed by atoms with Gasteiger partial charge in [0.2, 0.25) is 0 Å². The van der Waals surface area contributed by atoms with E-state index in [2.05, 4.69) is 200 Å². The van der Waals surface area contributed by atoms with Gasteiger partial charge in [-0.05, 0) is 51.6 Å². The molecule has 4 heteroatoms. The SMILES string of the molecule is c1ccc(-c2cc(-c3ccc(C4c5ccccc5-c5ccccc54)cc3)nc(-c3cccc(-c4cccc5c4nc(-c4ccccc4)c4sc6ccccc6c45)c3)n2)cc1. The average Bonchev–Trinajstić information content (AvgIpc) is 3.88. The third-order valence-electron chi connectivity index (χ3n) is 12.0. The molecule has 8 aromatic carbocycles. The standard InChI is InChI=1S/C56H35N3S/c1-3-15-35(16-4-1)48-34-49(36-29-31-37(32-30-36)51-44-23-9-7-21-42(44)43-22-8-10-24-45(43)51)58-56(57-48)40-20-13-19-39(33-40)41-26-14-27-47-52-46-25-11-12-28-50(46)60-55(52)53(59-54(41)47)38-17-5-2-6-18-38/h1-34,51H. The van der Waals surface area contributed by atoms with E-state index in [1.807, 2.05) is 17.4 Å². The molecule has 0 bridgehead atoms. The van der Waals surface area contributed by atoms with Crippen molar-refractivity contribution in [1.29, 1.82) is 0 Å². The van der Waals surface area contributed by atoms with Crippen LogP contribution in [-0.4, -0.2) is 15.0 Å². The molecule has 0 amide bonds. The molecule has 0 saturated heterocycles. The van der Waals surface area contributed by atoms with E-state index in [9.17, 15) is 0 Å². The average molecular weight is 782 g/mol. The van der Waals surface area contributed by atoms with Gasteiger partial charge in [-0.2, -0.15) is 0 Å². The molecule has 0 fully saturated rings. The summed E-state index contributed by atoms with van der Waals surface area (Å²) < 4.78 is 2.48. The highest BCUT2D eigenvalue weighted by atomic mass is 32.1. The number of hydrogen-bond donors (Lipinski definition) is 0. The Morgan fingerprint density at radius 3 is 1.67 bits per heavy atom. The summed E-state index contributed by atoms with van der Waals surface area (Å²) in [7, 11) is 0. The van der Waals surface area contributed by atoms with Crippen LogP contribution in [0.2, 0.25) is 0 Å². The highest BCUT2D eigenvalue weighted by molar-refractivity contribution is 7.26. The van der Waals surface area contributed by atoms with Crippen LogP contribution in [0.1, 0.15) is 22.6 Å². The molecule has 3 nitrogen and oxygen atoms in total. The molecule has 0 unspecified atom stereocenters. The van der Waals surface area contributed by atoms with Gasteiger partial charge in [-0.25, -0.2) is 15.0 Å². The van der Waals surface area contributed by atoms with Crippen LogP contribution in [-0.2, 0) is 0 Å². The Kier molecular flexibility index (Phi) is 8.10. The second-order valence-corrected chi connectivity index (χ2v) is 16.5. The highest BCUT2D eigenvalue weighted by Gasteiger charge is 2.29.